The number of anilines is 1. The number of aromatic nitrogens is 2. The molecule has 160 valence electrons. The van der Waals surface area contributed by atoms with E-state index in [1.54, 1.807) is 12.0 Å². The van der Waals surface area contributed by atoms with Crippen LogP contribution in [0.2, 0.25) is 0 Å². The minimum atomic E-state index is -0.475. The Bertz CT molecular complexity index is 880. The number of rotatable bonds is 5. The highest BCUT2D eigenvalue weighted by atomic mass is 16.5. The molecule has 1 spiro atoms. The Morgan fingerprint density at radius 3 is 2.87 bits per heavy atom. The van der Waals surface area contributed by atoms with Crippen molar-refractivity contribution < 1.29 is 14.3 Å². The molecule has 2 aliphatic rings. The summed E-state index contributed by atoms with van der Waals surface area (Å²) in [6, 6.07) is 11.9. The van der Waals surface area contributed by atoms with Gasteiger partial charge in [-0.15, -0.1) is 0 Å². The van der Waals surface area contributed by atoms with Gasteiger partial charge in [0.05, 0.1) is 7.11 Å². The summed E-state index contributed by atoms with van der Waals surface area (Å²) in [6.07, 6.45) is 1.88. The van der Waals surface area contributed by atoms with Gasteiger partial charge in [0.1, 0.15) is 23.9 Å². The van der Waals surface area contributed by atoms with E-state index in [1.165, 1.54) is 6.33 Å². The standard InChI is InChI=1S/C22H29N5O3/c1-25-13-18(21(28)26(2)12-17-7-5-4-6-8-17)30-22(14-25)9-10-27(15-22)19-11-20(29-3)24-16-23-19/h4-8,11,16,18H,9-10,12-15H2,1-3H3/t18-,22+/m1/s1. The quantitative estimate of drug-likeness (QED) is 0.737. The maximum absolute atomic E-state index is 13.1. The Morgan fingerprint density at radius 1 is 1.30 bits per heavy atom. The molecule has 4 rings (SSSR count). The average molecular weight is 412 g/mol. The van der Waals surface area contributed by atoms with Crippen molar-refractivity contribution in [1.29, 1.82) is 0 Å². The van der Waals surface area contributed by atoms with Crippen LogP contribution in [-0.4, -0.2) is 84.8 Å². The molecule has 2 atom stereocenters. The van der Waals surface area contributed by atoms with Crippen LogP contribution in [0, 0.1) is 0 Å². The van der Waals surface area contributed by atoms with Crippen LogP contribution in [0.15, 0.2) is 42.7 Å². The van der Waals surface area contributed by atoms with Crippen molar-refractivity contribution in [2.45, 2.75) is 24.7 Å². The zero-order chi connectivity index (χ0) is 21.1. The molecule has 3 heterocycles. The summed E-state index contributed by atoms with van der Waals surface area (Å²) in [5, 5.41) is 0. The van der Waals surface area contributed by atoms with E-state index in [9.17, 15) is 4.79 Å². The molecule has 0 bridgehead atoms. The molecule has 1 aromatic heterocycles. The molecule has 8 nitrogen and oxygen atoms in total. The number of morpholine rings is 1. The van der Waals surface area contributed by atoms with E-state index in [1.807, 2.05) is 43.4 Å². The maximum Gasteiger partial charge on any atom is 0.253 e. The Balaban J connectivity index is 1.44. The first-order chi connectivity index (χ1) is 14.5. The zero-order valence-corrected chi connectivity index (χ0v) is 17.8. The van der Waals surface area contributed by atoms with Gasteiger partial charge in [0.2, 0.25) is 5.88 Å². The second-order valence-electron chi connectivity index (χ2n) is 8.26. The Hall–Kier alpha value is -2.71. The average Bonchev–Trinajstić information content (AvgIpc) is 3.16. The smallest absolute Gasteiger partial charge is 0.253 e. The summed E-state index contributed by atoms with van der Waals surface area (Å²) < 4.78 is 11.7. The van der Waals surface area contributed by atoms with Gasteiger partial charge < -0.3 is 24.2 Å². The van der Waals surface area contributed by atoms with Crippen molar-refractivity contribution in [2.75, 3.05) is 52.3 Å². The Kier molecular flexibility index (Phi) is 5.87. The van der Waals surface area contributed by atoms with Crippen LogP contribution >= 0.6 is 0 Å². The van der Waals surface area contributed by atoms with Crippen LogP contribution in [0.3, 0.4) is 0 Å². The van der Waals surface area contributed by atoms with Gasteiger partial charge >= 0.3 is 0 Å². The molecule has 2 fully saturated rings. The summed E-state index contributed by atoms with van der Waals surface area (Å²) in [5.74, 6) is 1.38. The number of likely N-dealkylation sites (N-methyl/N-ethyl adjacent to an activating group) is 2. The number of hydrogen-bond donors (Lipinski definition) is 0. The number of carbonyl (C=O) groups excluding carboxylic acids is 1. The molecule has 2 aromatic rings. The van der Waals surface area contributed by atoms with Crippen LogP contribution in [0.25, 0.3) is 0 Å². The van der Waals surface area contributed by atoms with Gasteiger partial charge in [0.15, 0.2) is 0 Å². The van der Waals surface area contributed by atoms with Gasteiger partial charge in [-0.05, 0) is 19.0 Å². The minimum Gasteiger partial charge on any atom is -0.481 e. The second kappa shape index (κ2) is 8.57. The predicted octanol–water partition coefficient (Wildman–Crippen LogP) is 1.42. The summed E-state index contributed by atoms with van der Waals surface area (Å²) in [7, 11) is 5.49. The molecule has 0 aliphatic carbocycles. The van der Waals surface area contributed by atoms with Crippen molar-refractivity contribution in [3.63, 3.8) is 0 Å². The fourth-order valence-electron chi connectivity index (χ4n) is 4.41. The molecule has 30 heavy (non-hydrogen) atoms. The van der Waals surface area contributed by atoms with Crippen LogP contribution in [-0.2, 0) is 16.1 Å². The third-order valence-electron chi connectivity index (χ3n) is 5.82. The molecule has 0 saturated carbocycles. The van der Waals surface area contributed by atoms with E-state index >= 15 is 0 Å². The van der Waals surface area contributed by atoms with Crippen LogP contribution in [0.5, 0.6) is 5.88 Å². The summed E-state index contributed by atoms with van der Waals surface area (Å²) in [6.45, 7) is 3.46. The van der Waals surface area contributed by atoms with Gasteiger partial charge in [-0.25, -0.2) is 9.97 Å². The van der Waals surface area contributed by atoms with Crippen molar-refractivity contribution >= 4 is 11.7 Å². The third-order valence-corrected chi connectivity index (χ3v) is 5.82. The Morgan fingerprint density at radius 2 is 2.10 bits per heavy atom. The molecule has 2 aliphatic heterocycles. The van der Waals surface area contributed by atoms with E-state index in [4.69, 9.17) is 9.47 Å². The molecular formula is C22H29N5O3. The van der Waals surface area contributed by atoms with Gasteiger partial charge in [0.25, 0.3) is 5.91 Å². The number of ether oxygens (including phenoxy) is 2. The predicted molar refractivity (Wildman–Crippen MR) is 113 cm³/mol. The van der Waals surface area contributed by atoms with E-state index in [0.29, 0.717) is 25.5 Å². The van der Waals surface area contributed by atoms with Crippen molar-refractivity contribution in [3.8, 4) is 5.88 Å². The topological polar surface area (TPSA) is 71.0 Å². The number of carbonyl (C=O) groups is 1. The van der Waals surface area contributed by atoms with E-state index < -0.39 is 6.10 Å². The zero-order valence-electron chi connectivity index (χ0n) is 17.8. The first kappa shape index (κ1) is 20.6. The SMILES string of the molecule is COc1cc(N2CC[C@]3(CN(C)C[C@H](C(=O)N(C)Cc4ccccc4)O3)C2)ncn1. The van der Waals surface area contributed by atoms with Gasteiger partial charge in [-0.1, -0.05) is 30.3 Å². The highest BCUT2D eigenvalue weighted by Crippen LogP contribution is 2.34. The summed E-state index contributed by atoms with van der Waals surface area (Å²) in [4.78, 5) is 27.8. The molecule has 1 amide bonds. The molecule has 0 unspecified atom stereocenters. The molecule has 0 radical (unpaired) electrons. The van der Waals surface area contributed by atoms with E-state index in [-0.39, 0.29) is 11.5 Å². The van der Waals surface area contributed by atoms with Crippen LogP contribution in [0.4, 0.5) is 5.82 Å². The summed E-state index contributed by atoms with van der Waals surface area (Å²) in [5.41, 5.74) is 0.719. The van der Waals surface area contributed by atoms with Crippen molar-refractivity contribution in [2.24, 2.45) is 0 Å². The lowest BCUT2D eigenvalue weighted by Crippen LogP contribution is -2.59. The highest BCUT2D eigenvalue weighted by Gasteiger charge is 2.47. The van der Waals surface area contributed by atoms with Gasteiger partial charge in [-0.3, -0.25) is 4.79 Å². The Labute approximate surface area is 177 Å². The normalized spacial score (nSPS) is 24.2. The third kappa shape index (κ3) is 4.39. The van der Waals surface area contributed by atoms with Crippen LogP contribution in [0.1, 0.15) is 12.0 Å². The number of methoxy groups -OCH3 is 1. The van der Waals surface area contributed by atoms with E-state index in [2.05, 4.69) is 26.8 Å². The van der Waals surface area contributed by atoms with Gasteiger partial charge in [0, 0.05) is 45.8 Å². The fourth-order valence-corrected chi connectivity index (χ4v) is 4.41. The number of amides is 1. The fraction of sp³-hybridized carbons (Fsp3) is 0.500. The lowest BCUT2D eigenvalue weighted by atomic mass is 9.99. The first-order valence-corrected chi connectivity index (χ1v) is 10.2. The lowest BCUT2D eigenvalue weighted by Gasteiger charge is -2.43. The summed E-state index contributed by atoms with van der Waals surface area (Å²) >= 11 is 0. The van der Waals surface area contributed by atoms with Crippen molar-refractivity contribution in [3.05, 3.63) is 48.3 Å². The minimum absolute atomic E-state index is 0.0203. The lowest BCUT2D eigenvalue weighted by molar-refractivity contribution is -0.172. The van der Waals surface area contributed by atoms with Crippen LogP contribution < -0.4 is 9.64 Å². The number of benzene rings is 1. The second-order valence-corrected chi connectivity index (χ2v) is 8.26. The molecule has 2 saturated heterocycles. The molecule has 0 N–H and O–H groups in total. The maximum atomic E-state index is 13.1. The number of hydrogen-bond acceptors (Lipinski definition) is 7. The van der Waals surface area contributed by atoms with E-state index in [0.717, 1.165) is 30.9 Å². The van der Waals surface area contributed by atoms with Crippen molar-refractivity contribution in [1.82, 2.24) is 19.8 Å². The monoisotopic (exact) mass is 411 g/mol. The molecule has 1 aromatic carbocycles. The molecule has 8 heteroatoms. The van der Waals surface area contributed by atoms with Gasteiger partial charge in [-0.2, -0.15) is 0 Å². The number of nitrogens with zero attached hydrogens (tertiary/aromatic N) is 5. The molecular weight excluding hydrogens is 382 g/mol. The highest BCUT2D eigenvalue weighted by molar-refractivity contribution is 5.81. The first-order valence-electron chi connectivity index (χ1n) is 10.2. The largest absolute Gasteiger partial charge is 0.481 e.